The molecule has 316 valence electrons. The van der Waals surface area contributed by atoms with Crippen LogP contribution in [-0.4, -0.2) is 27.2 Å². The van der Waals surface area contributed by atoms with Gasteiger partial charge in [0.25, 0.3) is 0 Å². The summed E-state index contributed by atoms with van der Waals surface area (Å²) in [5.41, 5.74) is 7.91. The lowest BCUT2D eigenvalue weighted by atomic mass is 9.79. The molecule has 3 aromatic heterocycles. The maximum atomic E-state index is 5.71. The van der Waals surface area contributed by atoms with Crippen LogP contribution in [0.25, 0.3) is 66.6 Å². The molecule has 0 unspecified atom stereocenters. The Morgan fingerprint density at radius 3 is 1.29 bits per heavy atom. The van der Waals surface area contributed by atoms with Gasteiger partial charge in [-0.1, -0.05) is 217 Å². The van der Waals surface area contributed by atoms with Gasteiger partial charge in [-0.3, -0.25) is 9.13 Å². The lowest BCUT2D eigenvalue weighted by Crippen LogP contribution is -2.74. The van der Waals surface area contributed by atoms with E-state index in [4.69, 9.17) is 9.97 Å². The van der Waals surface area contributed by atoms with E-state index in [1.165, 1.54) is 58.9 Å². The third-order valence-corrected chi connectivity index (χ3v) is 18.1. The normalized spacial score (nSPS) is 12.5. The summed E-state index contributed by atoms with van der Waals surface area (Å²) < 4.78 is 4.75. The van der Waals surface area contributed by atoms with E-state index in [-0.39, 0.29) is 10.8 Å². The Kier molecular flexibility index (Phi) is 9.60. The third-order valence-electron chi connectivity index (χ3n) is 13.4. The molecule has 4 nitrogen and oxygen atoms in total. The predicted molar refractivity (Wildman–Crippen MR) is 277 cm³/mol. The van der Waals surface area contributed by atoms with Crippen LogP contribution in [0.3, 0.4) is 0 Å². The maximum Gasteiger partial charge on any atom is 0.179 e. The highest BCUT2D eigenvalue weighted by Gasteiger charge is 2.41. The van der Waals surface area contributed by atoms with E-state index in [0.717, 1.165) is 33.7 Å². The highest BCUT2D eigenvalue weighted by Crippen LogP contribution is 2.42. The van der Waals surface area contributed by atoms with Gasteiger partial charge < -0.3 is 0 Å². The smallest absolute Gasteiger partial charge is 0.179 e. The largest absolute Gasteiger partial charge is 0.294 e. The third kappa shape index (κ3) is 6.64. The van der Waals surface area contributed by atoms with Crippen molar-refractivity contribution >= 4 is 72.4 Å². The fourth-order valence-corrected chi connectivity index (χ4v) is 15.0. The fraction of sp³-hybridized carbons (Fsp3) is 0.133. The van der Waals surface area contributed by atoms with Crippen molar-refractivity contribution in [1.82, 2.24) is 19.1 Å². The number of nitrogens with zero attached hydrogens (tertiary/aromatic N) is 4. The number of hydrogen-bond donors (Lipinski definition) is 0. The Hall–Kier alpha value is -7.34. The average molecular weight is 857 g/mol. The molecule has 0 saturated carbocycles. The van der Waals surface area contributed by atoms with Gasteiger partial charge in [0, 0.05) is 33.2 Å². The van der Waals surface area contributed by atoms with Crippen LogP contribution >= 0.6 is 0 Å². The van der Waals surface area contributed by atoms with Gasteiger partial charge >= 0.3 is 0 Å². The van der Waals surface area contributed by atoms with Gasteiger partial charge in [0.1, 0.15) is 11.6 Å². The quantitative estimate of drug-likeness (QED) is 0.118. The molecule has 8 aromatic carbocycles. The molecular weight excluding hydrogens is 805 g/mol. The molecule has 11 rings (SSSR count). The molecule has 0 radical (unpaired) electrons. The highest BCUT2D eigenvalue weighted by atomic mass is 28.3. The first-order valence-electron chi connectivity index (χ1n) is 22.8. The zero-order chi connectivity index (χ0) is 44.5. The van der Waals surface area contributed by atoms with E-state index >= 15 is 0 Å². The standard InChI is InChI=1S/C60H52N4Si/c1-59(2,3)42-38-50-49-33-18-21-36-54(49)64(57(50)51(39-42)60(4,5)6)56-40-55(63-52-34-19-16-31-47(52)48-32-17-20-35-53(48)63)61-58(62-56)41-23-22-30-46(37-41)65(43-24-10-7-11-25-43,44-26-12-8-13-27-44)45-28-14-9-15-29-45/h7-40H,1-6H3. The molecule has 0 aliphatic heterocycles. The fourth-order valence-electron chi connectivity index (χ4n) is 10.2. The van der Waals surface area contributed by atoms with Gasteiger partial charge in [-0.2, -0.15) is 0 Å². The van der Waals surface area contributed by atoms with E-state index in [1.807, 2.05) is 0 Å². The van der Waals surface area contributed by atoms with Crippen molar-refractivity contribution in [3.05, 3.63) is 217 Å². The first kappa shape index (κ1) is 40.4. The summed E-state index contributed by atoms with van der Waals surface area (Å²) in [6, 6.07) is 75.7. The molecule has 3 heterocycles. The average Bonchev–Trinajstić information content (AvgIpc) is 3.85. The minimum atomic E-state index is -2.86. The summed E-state index contributed by atoms with van der Waals surface area (Å²) >= 11 is 0. The second-order valence-electron chi connectivity index (χ2n) is 19.5. The van der Waals surface area contributed by atoms with Crippen molar-refractivity contribution in [2.24, 2.45) is 0 Å². The lowest BCUT2D eigenvalue weighted by Gasteiger charge is -2.34. The molecule has 0 saturated heterocycles. The molecule has 0 aliphatic rings. The molecule has 0 atom stereocenters. The highest BCUT2D eigenvalue weighted by molar-refractivity contribution is 7.19. The summed E-state index contributed by atoms with van der Waals surface area (Å²) in [6.07, 6.45) is 0. The van der Waals surface area contributed by atoms with Gasteiger partial charge in [0.15, 0.2) is 13.9 Å². The number of aromatic nitrogens is 4. The van der Waals surface area contributed by atoms with E-state index < -0.39 is 8.07 Å². The van der Waals surface area contributed by atoms with E-state index in [2.05, 4.69) is 257 Å². The monoisotopic (exact) mass is 856 g/mol. The van der Waals surface area contributed by atoms with Crippen molar-refractivity contribution in [3.63, 3.8) is 0 Å². The van der Waals surface area contributed by atoms with Crippen molar-refractivity contribution < 1.29 is 0 Å². The topological polar surface area (TPSA) is 35.6 Å². The Morgan fingerprint density at radius 1 is 0.369 bits per heavy atom. The summed E-state index contributed by atoms with van der Waals surface area (Å²) in [4.78, 5) is 11.3. The van der Waals surface area contributed by atoms with Crippen LogP contribution in [0.5, 0.6) is 0 Å². The maximum absolute atomic E-state index is 5.71. The molecule has 0 N–H and O–H groups in total. The second kappa shape index (κ2) is 15.4. The number of rotatable bonds is 7. The molecule has 0 amide bonds. The Balaban J connectivity index is 1.25. The lowest BCUT2D eigenvalue weighted by molar-refractivity contribution is 0.572. The van der Waals surface area contributed by atoms with Crippen LogP contribution in [-0.2, 0) is 10.8 Å². The summed E-state index contributed by atoms with van der Waals surface area (Å²) in [6.45, 7) is 13.9. The molecule has 65 heavy (non-hydrogen) atoms. The van der Waals surface area contributed by atoms with Crippen molar-refractivity contribution in [3.8, 4) is 23.0 Å². The molecule has 0 bridgehead atoms. The first-order valence-corrected chi connectivity index (χ1v) is 24.8. The molecular formula is C60H52N4Si. The number of fused-ring (bicyclic) bond motifs is 6. The zero-order valence-corrected chi connectivity index (χ0v) is 38.9. The van der Waals surface area contributed by atoms with Crippen LogP contribution in [0.15, 0.2) is 206 Å². The molecule has 11 aromatic rings. The number of para-hydroxylation sites is 3. The molecule has 0 spiro atoms. The van der Waals surface area contributed by atoms with Gasteiger partial charge in [-0.15, -0.1) is 0 Å². The Bertz CT molecular complexity index is 3400. The van der Waals surface area contributed by atoms with Gasteiger partial charge in [-0.25, -0.2) is 9.97 Å². The van der Waals surface area contributed by atoms with Gasteiger partial charge in [0.2, 0.25) is 0 Å². The van der Waals surface area contributed by atoms with Crippen LogP contribution in [0, 0.1) is 0 Å². The van der Waals surface area contributed by atoms with Crippen molar-refractivity contribution in [1.29, 1.82) is 0 Å². The van der Waals surface area contributed by atoms with Crippen LogP contribution in [0.1, 0.15) is 52.7 Å². The van der Waals surface area contributed by atoms with Crippen molar-refractivity contribution in [2.45, 2.75) is 52.4 Å². The molecule has 0 fully saturated rings. The molecule has 5 heteroatoms. The van der Waals surface area contributed by atoms with Gasteiger partial charge in [-0.05, 0) is 67.0 Å². The predicted octanol–water partition coefficient (Wildman–Crippen LogP) is 12.3. The van der Waals surface area contributed by atoms with E-state index in [1.54, 1.807) is 0 Å². The van der Waals surface area contributed by atoms with E-state index in [0.29, 0.717) is 5.82 Å². The summed E-state index contributed by atoms with van der Waals surface area (Å²) in [5.74, 6) is 2.32. The van der Waals surface area contributed by atoms with Crippen LogP contribution < -0.4 is 20.7 Å². The zero-order valence-electron chi connectivity index (χ0n) is 37.9. The second-order valence-corrected chi connectivity index (χ2v) is 23.3. The molecule has 0 aliphatic carbocycles. The van der Waals surface area contributed by atoms with Crippen LogP contribution in [0.4, 0.5) is 0 Å². The minimum Gasteiger partial charge on any atom is -0.294 e. The first-order chi connectivity index (χ1) is 31.5. The van der Waals surface area contributed by atoms with Crippen molar-refractivity contribution in [2.75, 3.05) is 0 Å². The Morgan fingerprint density at radius 2 is 0.800 bits per heavy atom. The van der Waals surface area contributed by atoms with E-state index in [9.17, 15) is 0 Å². The Labute approximate surface area is 382 Å². The van der Waals surface area contributed by atoms with Crippen LogP contribution in [0.2, 0.25) is 0 Å². The summed E-state index contributed by atoms with van der Waals surface area (Å²) in [7, 11) is -2.86. The number of hydrogen-bond acceptors (Lipinski definition) is 2. The number of benzene rings is 8. The summed E-state index contributed by atoms with van der Waals surface area (Å²) in [5, 5.41) is 10.1. The SMILES string of the molecule is CC(C)(C)c1cc(C(C)(C)C)c2c(c1)c1ccccc1n2-c1cc(-n2c3ccccc3c3ccccc32)nc(-c2cccc([Si](c3ccccc3)(c3ccccc3)c3ccccc3)c2)n1. The van der Waals surface area contributed by atoms with Gasteiger partial charge in [0.05, 0.1) is 22.1 Å². The minimum absolute atomic E-state index is 0.0357.